The molecule has 0 bridgehead atoms. The summed E-state index contributed by atoms with van der Waals surface area (Å²) in [5.41, 5.74) is 0.846. The number of benzene rings is 1. The van der Waals surface area contributed by atoms with Gasteiger partial charge in [-0.05, 0) is 31.0 Å². The van der Waals surface area contributed by atoms with Gasteiger partial charge in [0.05, 0.1) is 11.3 Å². The number of amides is 2. The van der Waals surface area contributed by atoms with Gasteiger partial charge in [0.25, 0.3) is 5.91 Å². The Morgan fingerprint density at radius 2 is 1.81 bits per heavy atom. The van der Waals surface area contributed by atoms with Gasteiger partial charge in [-0.1, -0.05) is 17.3 Å². The number of aromatic nitrogens is 1. The summed E-state index contributed by atoms with van der Waals surface area (Å²) in [5, 5.41) is 6.50. The second-order valence-electron chi connectivity index (χ2n) is 6.21. The summed E-state index contributed by atoms with van der Waals surface area (Å²) in [6, 6.07) is 7.70. The van der Waals surface area contributed by atoms with E-state index in [1.807, 2.05) is 0 Å². The van der Waals surface area contributed by atoms with Crippen LogP contribution in [0.15, 0.2) is 39.8 Å². The summed E-state index contributed by atoms with van der Waals surface area (Å²) in [7, 11) is -3.28. The Hall–Kier alpha value is -2.68. The monoisotopic (exact) mass is 377 g/mol. The highest BCUT2D eigenvalue weighted by Crippen LogP contribution is 2.18. The molecule has 1 aromatic heterocycles. The second-order valence-corrected chi connectivity index (χ2v) is 8.23. The molecule has 8 nitrogen and oxygen atoms in total. The highest BCUT2D eigenvalue weighted by atomic mass is 32.2. The van der Waals surface area contributed by atoms with Crippen molar-refractivity contribution >= 4 is 21.7 Å². The standard InChI is InChI=1S/C17H19N3O5S/c1-12-10-15(18-25-12)17(22)20-9-3-8-19(20)16(21)11-13-4-6-14(7-5-13)26(2,23)24/h4-7,10H,3,8-9,11H2,1-2H3. The van der Waals surface area contributed by atoms with Crippen LogP contribution in [-0.2, 0) is 21.1 Å². The van der Waals surface area contributed by atoms with Crippen molar-refractivity contribution in [3.8, 4) is 0 Å². The van der Waals surface area contributed by atoms with E-state index in [0.29, 0.717) is 30.8 Å². The van der Waals surface area contributed by atoms with Gasteiger partial charge in [0, 0.05) is 25.4 Å². The van der Waals surface area contributed by atoms with E-state index < -0.39 is 9.84 Å². The quantitative estimate of drug-likeness (QED) is 0.794. The zero-order chi connectivity index (χ0) is 18.9. The first kappa shape index (κ1) is 18.1. The fourth-order valence-electron chi connectivity index (χ4n) is 2.80. The molecule has 9 heteroatoms. The minimum atomic E-state index is -3.28. The van der Waals surface area contributed by atoms with Crippen molar-refractivity contribution in [1.29, 1.82) is 0 Å². The van der Waals surface area contributed by atoms with Crippen molar-refractivity contribution in [1.82, 2.24) is 15.2 Å². The van der Waals surface area contributed by atoms with Gasteiger partial charge in [-0.25, -0.2) is 13.4 Å². The van der Waals surface area contributed by atoms with Crippen molar-refractivity contribution in [2.75, 3.05) is 19.3 Å². The average molecular weight is 377 g/mol. The first-order valence-electron chi connectivity index (χ1n) is 8.10. The van der Waals surface area contributed by atoms with E-state index in [1.165, 1.54) is 28.2 Å². The number of aryl methyl sites for hydroxylation is 1. The number of hydrogen-bond donors (Lipinski definition) is 0. The minimum Gasteiger partial charge on any atom is -0.361 e. The van der Waals surface area contributed by atoms with Gasteiger partial charge in [-0.2, -0.15) is 0 Å². The largest absolute Gasteiger partial charge is 0.361 e. The van der Waals surface area contributed by atoms with Gasteiger partial charge < -0.3 is 4.52 Å². The maximum absolute atomic E-state index is 12.6. The van der Waals surface area contributed by atoms with Crippen LogP contribution in [0, 0.1) is 6.92 Å². The number of hydrogen-bond acceptors (Lipinski definition) is 6. The van der Waals surface area contributed by atoms with Crippen LogP contribution in [0.2, 0.25) is 0 Å². The van der Waals surface area contributed by atoms with Gasteiger partial charge >= 0.3 is 0 Å². The molecule has 2 amide bonds. The summed E-state index contributed by atoms with van der Waals surface area (Å²) in [6.07, 6.45) is 1.89. The highest BCUT2D eigenvalue weighted by molar-refractivity contribution is 7.90. The summed E-state index contributed by atoms with van der Waals surface area (Å²) in [4.78, 5) is 25.3. The Kier molecular flexibility index (Phi) is 4.82. The van der Waals surface area contributed by atoms with Crippen LogP contribution in [0.4, 0.5) is 0 Å². The lowest BCUT2D eigenvalue weighted by Gasteiger charge is -2.27. The predicted molar refractivity (Wildman–Crippen MR) is 91.9 cm³/mol. The smallest absolute Gasteiger partial charge is 0.294 e. The molecule has 3 rings (SSSR count). The van der Waals surface area contributed by atoms with Crippen molar-refractivity contribution in [2.24, 2.45) is 0 Å². The number of nitrogens with zero attached hydrogens (tertiary/aromatic N) is 3. The molecule has 2 aromatic rings. The summed E-state index contributed by atoms with van der Waals surface area (Å²) in [5.74, 6) is -0.0836. The molecule has 1 aromatic carbocycles. The van der Waals surface area contributed by atoms with Gasteiger partial charge in [-0.3, -0.25) is 14.6 Å². The van der Waals surface area contributed by atoms with E-state index in [9.17, 15) is 18.0 Å². The molecule has 1 saturated heterocycles. The lowest BCUT2D eigenvalue weighted by molar-refractivity contribution is -0.139. The molecule has 0 atom stereocenters. The normalized spacial score (nSPS) is 14.7. The lowest BCUT2D eigenvalue weighted by atomic mass is 10.1. The number of sulfone groups is 1. The highest BCUT2D eigenvalue weighted by Gasteiger charge is 2.32. The fourth-order valence-corrected chi connectivity index (χ4v) is 3.43. The molecule has 1 fully saturated rings. The lowest BCUT2D eigenvalue weighted by Crippen LogP contribution is -2.45. The number of hydrazine groups is 1. The number of carbonyl (C=O) groups excluding carboxylic acids is 2. The first-order chi connectivity index (χ1) is 12.3. The molecule has 0 spiro atoms. The van der Waals surface area contributed by atoms with Crippen molar-refractivity contribution in [3.63, 3.8) is 0 Å². The van der Waals surface area contributed by atoms with Gasteiger partial charge in [-0.15, -0.1) is 0 Å². The van der Waals surface area contributed by atoms with Crippen LogP contribution in [0.1, 0.15) is 28.2 Å². The van der Waals surface area contributed by atoms with E-state index in [0.717, 1.165) is 6.26 Å². The van der Waals surface area contributed by atoms with Crippen molar-refractivity contribution in [2.45, 2.75) is 24.7 Å². The SMILES string of the molecule is Cc1cc(C(=O)N2CCCN2C(=O)Cc2ccc(S(C)(=O)=O)cc2)no1. The molecular weight excluding hydrogens is 358 g/mol. The number of carbonyl (C=O) groups is 2. The van der Waals surface area contributed by atoms with E-state index in [1.54, 1.807) is 19.1 Å². The van der Waals surface area contributed by atoms with Crippen LogP contribution in [0.5, 0.6) is 0 Å². The van der Waals surface area contributed by atoms with Crippen LogP contribution in [-0.4, -0.2) is 54.8 Å². The average Bonchev–Trinajstić information content (AvgIpc) is 3.23. The van der Waals surface area contributed by atoms with E-state index in [2.05, 4.69) is 5.16 Å². The maximum atomic E-state index is 12.6. The fraction of sp³-hybridized carbons (Fsp3) is 0.353. The third-order valence-corrected chi connectivity index (χ3v) is 5.24. The molecule has 0 saturated carbocycles. The Morgan fingerprint density at radius 3 is 2.38 bits per heavy atom. The summed E-state index contributed by atoms with van der Waals surface area (Å²) < 4.78 is 27.9. The Bertz CT molecular complexity index is 934. The van der Waals surface area contributed by atoms with Gasteiger partial charge in [0.1, 0.15) is 5.76 Å². The Morgan fingerprint density at radius 1 is 1.15 bits per heavy atom. The van der Waals surface area contributed by atoms with Crippen LogP contribution in [0.3, 0.4) is 0 Å². The van der Waals surface area contributed by atoms with Gasteiger partial charge in [0.2, 0.25) is 5.91 Å². The molecule has 0 N–H and O–H groups in total. The second kappa shape index (κ2) is 6.91. The minimum absolute atomic E-state index is 0.0751. The predicted octanol–water partition coefficient (Wildman–Crippen LogP) is 1.22. The molecular formula is C17H19N3O5S. The Balaban J connectivity index is 1.71. The van der Waals surface area contributed by atoms with E-state index >= 15 is 0 Å². The van der Waals surface area contributed by atoms with Crippen molar-refractivity contribution in [3.05, 3.63) is 47.3 Å². The zero-order valence-corrected chi connectivity index (χ0v) is 15.3. The molecule has 26 heavy (non-hydrogen) atoms. The molecule has 1 aliphatic heterocycles. The van der Waals surface area contributed by atoms with Crippen LogP contribution < -0.4 is 0 Å². The topological polar surface area (TPSA) is 101 Å². The molecule has 0 aliphatic carbocycles. The third-order valence-electron chi connectivity index (χ3n) is 4.11. The molecule has 2 heterocycles. The summed E-state index contributed by atoms with van der Waals surface area (Å²) in [6.45, 7) is 2.57. The van der Waals surface area contributed by atoms with Crippen LogP contribution in [0.25, 0.3) is 0 Å². The van der Waals surface area contributed by atoms with E-state index in [4.69, 9.17) is 4.52 Å². The molecule has 138 valence electrons. The molecule has 0 unspecified atom stereocenters. The zero-order valence-electron chi connectivity index (χ0n) is 14.5. The summed E-state index contributed by atoms with van der Waals surface area (Å²) >= 11 is 0. The van der Waals surface area contributed by atoms with Crippen LogP contribution >= 0.6 is 0 Å². The van der Waals surface area contributed by atoms with Crippen molar-refractivity contribution < 1.29 is 22.5 Å². The number of rotatable bonds is 4. The molecule has 1 aliphatic rings. The maximum Gasteiger partial charge on any atom is 0.294 e. The third kappa shape index (κ3) is 3.77. The first-order valence-corrected chi connectivity index (χ1v) is 9.99. The Labute approximate surface area is 151 Å². The van der Waals surface area contributed by atoms with E-state index in [-0.39, 0.29) is 28.8 Å². The molecule has 0 radical (unpaired) electrons. The van der Waals surface area contributed by atoms with Gasteiger partial charge in [0.15, 0.2) is 15.5 Å².